The molecule has 0 fully saturated rings. The van der Waals surface area contributed by atoms with E-state index in [-0.39, 0.29) is 16.3 Å². The Hall–Kier alpha value is -3.45. The Morgan fingerprint density at radius 1 is 1.34 bits per heavy atom. The molecule has 0 bridgehead atoms. The van der Waals surface area contributed by atoms with Gasteiger partial charge in [-0.15, -0.1) is 0 Å². The number of nitriles is 1. The lowest BCUT2D eigenvalue weighted by Gasteiger charge is -2.29. The molecule has 10 heteroatoms. The van der Waals surface area contributed by atoms with E-state index in [1.807, 2.05) is 6.07 Å². The second kappa shape index (κ2) is 7.52. The maximum Gasteiger partial charge on any atom is 0.336 e. The van der Waals surface area contributed by atoms with Crippen molar-refractivity contribution in [3.63, 3.8) is 0 Å². The fourth-order valence-electron chi connectivity index (χ4n) is 3.22. The Labute approximate surface area is 168 Å². The van der Waals surface area contributed by atoms with Gasteiger partial charge < -0.3 is 10.6 Å². The number of fused-ring (bicyclic) bond motifs is 1. The maximum atomic E-state index is 12.9. The quantitative estimate of drug-likeness (QED) is 0.788. The smallest absolute Gasteiger partial charge is 0.336 e. The largest absolute Gasteiger partial charge is 0.348 e. The molecule has 0 saturated carbocycles. The number of sulfonamides is 1. The Kier molecular flexibility index (Phi) is 5.26. The van der Waals surface area contributed by atoms with Crippen molar-refractivity contribution >= 4 is 27.6 Å². The van der Waals surface area contributed by atoms with Gasteiger partial charge in [0.25, 0.3) is 10.0 Å². The molecular weight excluding hydrogens is 394 g/mol. The number of urea groups is 1. The third-order valence-electron chi connectivity index (χ3n) is 4.63. The summed E-state index contributed by atoms with van der Waals surface area (Å²) < 4.78 is 26.3. The minimum Gasteiger partial charge on any atom is -0.348 e. The Balaban J connectivity index is 1.79. The summed E-state index contributed by atoms with van der Waals surface area (Å²) in [6.07, 6.45) is 1.49. The molecule has 150 valence electrons. The molecule has 0 spiro atoms. The third kappa shape index (κ3) is 3.77. The van der Waals surface area contributed by atoms with E-state index in [0.717, 1.165) is 5.56 Å². The van der Waals surface area contributed by atoms with Crippen molar-refractivity contribution in [2.24, 2.45) is 0 Å². The van der Waals surface area contributed by atoms with Crippen LogP contribution in [0.2, 0.25) is 0 Å². The molecule has 0 radical (unpaired) electrons. The van der Waals surface area contributed by atoms with Crippen LogP contribution in [0.4, 0.5) is 10.5 Å². The highest BCUT2D eigenvalue weighted by Crippen LogP contribution is 2.32. The molecule has 0 unspecified atom stereocenters. The summed E-state index contributed by atoms with van der Waals surface area (Å²) in [5.41, 5.74) is 2.37. The highest BCUT2D eigenvalue weighted by molar-refractivity contribution is 7.90. The number of carbonyl (C=O) groups is 2. The van der Waals surface area contributed by atoms with E-state index in [1.165, 1.54) is 12.3 Å². The standard InChI is InChI=1S/C19H19N5O4S/c1-11-5-4-6-16-18(11)29(27,28)24(19(26)23-16)10-17(25)22-13(3)15-9-21-14(8-20)7-12(15)2/h4-7,9,13H,10H2,1-3H3,(H,22,25)(H,23,26)/t13-/m0/s1. The molecule has 1 aromatic carbocycles. The predicted molar refractivity (Wildman–Crippen MR) is 104 cm³/mol. The van der Waals surface area contributed by atoms with Crippen LogP contribution in [0.25, 0.3) is 0 Å². The summed E-state index contributed by atoms with van der Waals surface area (Å²) in [5, 5.41) is 14.1. The molecule has 0 aliphatic carbocycles. The zero-order valence-electron chi connectivity index (χ0n) is 16.1. The first-order valence-electron chi connectivity index (χ1n) is 8.74. The molecule has 2 aromatic rings. The van der Waals surface area contributed by atoms with Crippen molar-refractivity contribution < 1.29 is 18.0 Å². The lowest BCUT2D eigenvalue weighted by Crippen LogP contribution is -2.49. The van der Waals surface area contributed by atoms with Gasteiger partial charge in [-0.05, 0) is 49.6 Å². The number of amides is 3. The van der Waals surface area contributed by atoms with E-state index in [0.29, 0.717) is 15.4 Å². The monoisotopic (exact) mass is 413 g/mol. The number of anilines is 1. The number of nitrogens with zero attached hydrogens (tertiary/aromatic N) is 3. The van der Waals surface area contributed by atoms with Crippen LogP contribution < -0.4 is 10.6 Å². The van der Waals surface area contributed by atoms with Crippen LogP contribution in [-0.2, 0) is 14.8 Å². The average molecular weight is 413 g/mol. The van der Waals surface area contributed by atoms with Crippen LogP contribution in [0, 0.1) is 25.2 Å². The second-order valence-electron chi connectivity index (χ2n) is 6.72. The lowest BCUT2D eigenvalue weighted by molar-refractivity contribution is -0.121. The Bertz CT molecular complexity index is 1150. The lowest BCUT2D eigenvalue weighted by atomic mass is 10.0. The van der Waals surface area contributed by atoms with E-state index in [4.69, 9.17) is 5.26 Å². The summed E-state index contributed by atoms with van der Waals surface area (Å²) in [6.45, 7) is 4.45. The van der Waals surface area contributed by atoms with Crippen molar-refractivity contribution in [2.45, 2.75) is 31.7 Å². The number of pyridine rings is 1. The fourth-order valence-corrected chi connectivity index (χ4v) is 4.87. The van der Waals surface area contributed by atoms with Gasteiger partial charge in [-0.1, -0.05) is 12.1 Å². The number of rotatable bonds is 4. The van der Waals surface area contributed by atoms with Gasteiger partial charge in [0, 0.05) is 6.20 Å². The molecule has 1 aliphatic rings. The molecule has 9 nitrogen and oxygen atoms in total. The van der Waals surface area contributed by atoms with E-state index in [9.17, 15) is 18.0 Å². The van der Waals surface area contributed by atoms with Crippen LogP contribution in [0.15, 0.2) is 35.4 Å². The van der Waals surface area contributed by atoms with Crippen molar-refractivity contribution in [3.05, 3.63) is 52.8 Å². The minimum absolute atomic E-state index is 0.0208. The summed E-state index contributed by atoms with van der Waals surface area (Å²) in [4.78, 5) is 28.8. The van der Waals surface area contributed by atoms with Crippen LogP contribution in [-0.4, -0.2) is 36.2 Å². The molecule has 1 atom stereocenters. The van der Waals surface area contributed by atoms with Crippen LogP contribution >= 0.6 is 0 Å². The summed E-state index contributed by atoms with van der Waals surface area (Å²) in [6, 6.07) is 6.92. The number of aromatic nitrogens is 1. The topological polar surface area (TPSA) is 132 Å². The predicted octanol–water partition coefficient (Wildman–Crippen LogP) is 1.98. The minimum atomic E-state index is -4.16. The fraction of sp³-hybridized carbons (Fsp3) is 0.263. The van der Waals surface area contributed by atoms with E-state index >= 15 is 0 Å². The highest BCUT2D eigenvalue weighted by atomic mass is 32.2. The third-order valence-corrected chi connectivity index (χ3v) is 6.56. The normalized spacial score (nSPS) is 15.7. The van der Waals surface area contributed by atoms with Gasteiger partial charge in [0.2, 0.25) is 5.91 Å². The van der Waals surface area contributed by atoms with Gasteiger partial charge in [0.05, 0.1) is 11.7 Å². The van der Waals surface area contributed by atoms with Crippen LogP contribution in [0.1, 0.15) is 35.3 Å². The van der Waals surface area contributed by atoms with Gasteiger partial charge in [-0.2, -0.15) is 5.26 Å². The molecule has 1 aromatic heterocycles. The Morgan fingerprint density at radius 2 is 2.07 bits per heavy atom. The van der Waals surface area contributed by atoms with Crippen molar-refractivity contribution in [3.8, 4) is 6.07 Å². The number of benzene rings is 1. The molecule has 2 heterocycles. The number of aryl methyl sites for hydroxylation is 2. The Morgan fingerprint density at radius 3 is 2.72 bits per heavy atom. The highest BCUT2D eigenvalue weighted by Gasteiger charge is 2.39. The molecule has 3 amide bonds. The summed E-state index contributed by atoms with van der Waals surface area (Å²) in [7, 11) is -4.16. The maximum absolute atomic E-state index is 12.9. The molecule has 1 aliphatic heterocycles. The van der Waals surface area contributed by atoms with Gasteiger partial charge in [-0.25, -0.2) is 22.5 Å². The van der Waals surface area contributed by atoms with Gasteiger partial charge in [-0.3, -0.25) is 4.79 Å². The zero-order chi connectivity index (χ0) is 21.3. The molecule has 2 N–H and O–H groups in total. The molecule has 3 rings (SSSR count). The van der Waals surface area contributed by atoms with Gasteiger partial charge in [0.1, 0.15) is 23.2 Å². The average Bonchev–Trinajstić information content (AvgIpc) is 2.64. The SMILES string of the molecule is Cc1cc(C#N)ncc1[C@H](C)NC(=O)CN1C(=O)Nc2cccc(C)c2S1(=O)=O. The summed E-state index contributed by atoms with van der Waals surface area (Å²) in [5.74, 6) is -0.642. The molecule has 29 heavy (non-hydrogen) atoms. The first-order valence-corrected chi connectivity index (χ1v) is 10.2. The van der Waals surface area contributed by atoms with Crippen molar-refractivity contribution in [2.75, 3.05) is 11.9 Å². The van der Waals surface area contributed by atoms with E-state index in [2.05, 4.69) is 15.6 Å². The van der Waals surface area contributed by atoms with Crippen LogP contribution in [0.3, 0.4) is 0 Å². The molecular formula is C19H19N5O4S. The molecule has 0 saturated heterocycles. The number of hydrogen-bond donors (Lipinski definition) is 2. The first kappa shape index (κ1) is 20.3. The van der Waals surface area contributed by atoms with E-state index < -0.39 is 34.5 Å². The summed E-state index contributed by atoms with van der Waals surface area (Å²) >= 11 is 0. The van der Waals surface area contributed by atoms with Gasteiger partial charge >= 0.3 is 6.03 Å². The van der Waals surface area contributed by atoms with Crippen LogP contribution in [0.5, 0.6) is 0 Å². The zero-order valence-corrected chi connectivity index (χ0v) is 16.9. The van der Waals surface area contributed by atoms with E-state index in [1.54, 1.807) is 39.0 Å². The number of carbonyl (C=O) groups excluding carboxylic acids is 2. The van der Waals surface area contributed by atoms with Gasteiger partial charge in [0.15, 0.2) is 0 Å². The van der Waals surface area contributed by atoms with Crippen molar-refractivity contribution in [1.29, 1.82) is 5.26 Å². The number of nitrogens with one attached hydrogen (secondary N) is 2. The number of hydrogen-bond acceptors (Lipinski definition) is 6. The first-order chi connectivity index (χ1) is 13.6. The second-order valence-corrected chi connectivity index (χ2v) is 8.52. The van der Waals surface area contributed by atoms with Crippen molar-refractivity contribution in [1.82, 2.24) is 14.6 Å².